The number of benzene rings is 2. The van der Waals surface area contributed by atoms with E-state index in [1.54, 1.807) is 17.0 Å². The third-order valence-electron chi connectivity index (χ3n) is 5.22. The third-order valence-corrected chi connectivity index (χ3v) is 5.54. The fourth-order valence-electron chi connectivity index (χ4n) is 3.57. The van der Waals surface area contributed by atoms with Gasteiger partial charge in [-0.05, 0) is 37.1 Å². The minimum atomic E-state index is -0.643. The van der Waals surface area contributed by atoms with Crippen molar-refractivity contribution < 1.29 is 28.2 Å². The molecule has 0 atom stereocenters. The topological polar surface area (TPSA) is 77.1 Å². The summed E-state index contributed by atoms with van der Waals surface area (Å²) in [5.41, 5.74) is 0.246. The van der Waals surface area contributed by atoms with Gasteiger partial charge in [0, 0.05) is 24.7 Å². The third kappa shape index (κ3) is 4.85. The van der Waals surface area contributed by atoms with Crippen molar-refractivity contribution in [1.82, 2.24) is 10.2 Å². The van der Waals surface area contributed by atoms with Crippen molar-refractivity contribution in [1.29, 1.82) is 0 Å². The molecule has 0 radical (unpaired) electrons. The molecule has 2 aromatic rings. The SMILES string of the molecule is COc1cc(C(=O)NC2CCN(C(=O)c3c(F)cccc3Cl)CC2)cc(OC)c1OC. The lowest BCUT2D eigenvalue weighted by Gasteiger charge is -2.32. The van der Waals surface area contributed by atoms with Gasteiger partial charge in [-0.15, -0.1) is 0 Å². The number of ether oxygens (including phenoxy) is 3. The second-order valence-electron chi connectivity index (χ2n) is 7.05. The fraction of sp³-hybridized carbons (Fsp3) is 0.364. The number of amides is 2. The molecule has 2 aromatic carbocycles. The second kappa shape index (κ2) is 9.87. The van der Waals surface area contributed by atoms with Gasteiger partial charge in [-0.1, -0.05) is 17.7 Å². The van der Waals surface area contributed by atoms with E-state index in [9.17, 15) is 14.0 Å². The van der Waals surface area contributed by atoms with Crippen molar-refractivity contribution in [3.63, 3.8) is 0 Å². The lowest BCUT2D eigenvalue weighted by molar-refractivity contribution is 0.0694. The zero-order valence-electron chi connectivity index (χ0n) is 17.5. The number of carbonyl (C=O) groups excluding carboxylic acids is 2. The van der Waals surface area contributed by atoms with Crippen molar-refractivity contribution in [3.05, 3.63) is 52.3 Å². The molecule has 31 heavy (non-hydrogen) atoms. The molecule has 0 spiro atoms. The van der Waals surface area contributed by atoms with E-state index in [0.29, 0.717) is 48.7 Å². The maximum absolute atomic E-state index is 14.1. The van der Waals surface area contributed by atoms with Crippen LogP contribution in [0.5, 0.6) is 17.2 Å². The van der Waals surface area contributed by atoms with E-state index in [4.69, 9.17) is 25.8 Å². The number of hydrogen-bond acceptors (Lipinski definition) is 5. The Balaban J connectivity index is 1.65. The van der Waals surface area contributed by atoms with Gasteiger partial charge in [0.15, 0.2) is 11.5 Å². The van der Waals surface area contributed by atoms with E-state index >= 15 is 0 Å². The van der Waals surface area contributed by atoms with Gasteiger partial charge in [0.25, 0.3) is 11.8 Å². The Morgan fingerprint density at radius 1 is 1.06 bits per heavy atom. The summed E-state index contributed by atoms with van der Waals surface area (Å²) in [6.07, 6.45) is 1.07. The van der Waals surface area contributed by atoms with Gasteiger partial charge in [-0.25, -0.2) is 4.39 Å². The summed E-state index contributed by atoms with van der Waals surface area (Å²) >= 11 is 6.01. The van der Waals surface area contributed by atoms with Crippen molar-refractivity contribution in [3.8, 4) is 17.2 Å². The molecule has 1 saturated heterocycles. The Hall–Kier alpha value is -3.00. The molecule has 7 nitrogen and oxygen atoms in total. The lowest BCUT2D eigenvalue weighted by atomic mass is 10.0. The Morgan fingerprint density at radius 2 is 1.68 bits per heavy atom. The summed E-state index contributed by atoms with van der Waals surface area (Å²) < 4.78 is 29.9. The molecule has 2 amide bonds. The summed E-state index contributed by atoms with van der Waals surface area (Å²) in [6.45, 7) is 0.757. The van der Waals surface area contributed by atoms with E-state index in [0.717, 1.165) is 0 Å². The van der Waals surface area contributed by atoms with Crippen LogP contribution in [-0.2, 0) is 0 Å². The Bertz CT molecular complexity index is 931. The minimum Gasteiger partial charge on any atom is -0.493 e. The molecule has 9 heteroatoms. The molecular weight excluding hydrogens is 427 g/mol. The lowest BCUT2D eigenvalue weighted by Crippen LogP contribution is -2.46. The first-order chi connectivity index (χ1) is 14.9. The Morgan fingerprint density at radius 3 is 2.19 bits per heavy atom. The molecule has 0 aliphatic carbocycles. The number of hydrogen-bond donors (Lipinski definition) is 1. The minimum absolute atomic E-state index is 0.0860. The highest BCUT2D eigenvalue weighted by atomic mass is 35.5. The van der Waals surface area contributed by atoms with Crippen LogP contribution in [0.4, 0.5) is 4.39 Å². The van der Waals surface area contributed by atoms with Crippen LogP contribution in [0, 0.1) is 5.82 Å². The normalized spacial score (nSPS) is 14.2. The van der Waals surface area contributed by atoms with E-state index in [2.05, 4.69) is 5.32 Å². The first kappa shape index (κ1) is 22.7. The zero-order valence-corrected chi connectivity index (χ0v) is 18.3. The van der Waals surface area contributed by atoms with Crippen LogP contribution in [0.2, 0.25) is 5.02 Å². The van der Waals surface area contributed by atoms with Gasteiger partial charge in [0.1, 0.15) is 5.82 Å². The fourth-order valence-corrected chi connectivity index (χ4v) is 3.81. The van der Waals surface area contributed by atoms with Crippen molar-refractivity contribution >= 4 is 23.4 Å². The van der Waals surface area contributed by atoms with Crippen molar-refractivity contribution in [2.24, 2.45) is 0 Å². The molecule has 1 aliphatic rings. The quantitative estimate of drug-likeness (QED) is 0.728. The van der Waals surface area contributed by atoms with E-state index < -0.39 is 11.7 Å². The average molecular weight is 451 g/mol. The number of halogens is 2. The highest BCUT2D eigenvalue weighted by Crippen LogP contribution is 2.38. The van der Waals surface area contributed by atoms with Gasteiger partial charge in [-0.2, -0.15) is 0 Å². The van der Waals surface area contributed by atoms with Crippen LogP contribution >= 0.6 is 11.6 Å². The van der Waals surface area contributed by atoms with Crippen molar-refractivity contribution in [2.75, 3.05) is 34.4 Å². The van der Waals surface area contributed by atoms with Crippen LogP contribution in [0.15, 0.2) is 30.3 Å². The molecule has 1 heterocycles. The summed E-state index contributed by atoms with van der Waals surface area (Å²) in [5, 5.41) is 3.05. The Labute approximate surface area is 185 Å². The molecule has 166 valence electrons. The second-order valence-corrected chi connectivity index (χ2v) is 7.46. The van der Waals surface area contributed by atoms with Crippen LogP contribution in [-0.4, -0.2) is 57.2 Å². The highest BCUT2D eigenvalue weighted by molar-refractivity contribution is 6.33. The number of carbonyl (C=O) groups is 2. The number of piperidine rings is 1. The standard InChI is InChI=1S/C22H24ClFN2O5/c1-29-17-11-13(12-18(30-2)20(17)31-3)21(27)25-14-7-9-26(10-8-14)22(28)19-15(23)5-4-6-16(19)24/h4-6,11-12,14H,7-10H2,1-3H3,(H,25,27). The van der Waals surface area contributed by atoms with Crippen LogP contribution in [0.1, 0.15) is 33.6 Å². The van der Waals surface area contributed by atoms with Gasteiger partial charge >= 0.3 is 0 Å². The predicted molar refractivity (Wildman–Crippen MR) is 114 cm³/mol. The predicted octanol–water partition coefficient (Wildman–Crippen LogP) is 3.54. The van der Waals surface area contributed by atoms with Crippen LogP contribution < -0.4 is 19.5 Å². The highest BCUT2D eigenvalue weighted by Gasteiger charge is 2.28. The summed E-state index contributed by atoms with van der Waals surface area (Å²) in [4.78, 5) is 27.0. The zero-order chi connectivity index (χ0) is 22.5. The first-order valence-electron chi connectivity index (χ1n) is 9.73. The van der Waals surface area contributed by atoms with Crippen LogP contribution in [0.3, 0.4) is 0 Å². The smallest absolute Gasteiger partial charge is 0.258 e. The number of likely N-dealkylation sites (tertiary alicyclic amines) is 1. The van der Waals surface area contributed by atoms with Gasteiger partial charge in [0.2, 0.25) is 5.75 Å². The number of methoxy groups -OCH3 is 3. The van der Waals surface area contributed by atoms with Gasteiger partial charge in [0.05, 0.1) is 31.9 Å². The first-order valence-corrected chi connectivity index (χ1v) is 10.1. The molecule has 0 unspecified atom stereocenters. The van der Waals surface area contributed by atoms with Crippen molar-refractivity contribution in [2.45, 2.75) is 18.9 Å². The van der Waals surface area contributed by atoms with Crippen LogP contribution in [0.25, 0.3) is 0 Å². The maximum Gasteiger partial charge on any atom is 0.258 e. The molecule has 1 aliphatic heterocycles. The molecule has 3 rings (SSSR count). The molecule has 1 fully saturated rings. The maximum atomic E-state index is 14.1. The molecule has 1 N–H and O–H groups in total. The molecule has 0 bridgehead atoms. The average Bonchev–Trinajstić information content (AvgIpc) is 2.78. The van der Waals surface area contributed by atoms with Gasteiger partial charge < -0.3 is 24.4 Å². The van der Waals surface area contributed by atoms with E-state index in [-0.39, 0.29) is 22.5 Å². The summed E-state index contributed by atoms with van der Waals surface area (Å²) in [6, 6.07) is 7.18. The molecule has 0 saturated carbocycles. The monoisotopic (exact) mass is 450 g/mol. The molecule has 0 aromatic heterocycles. The van der Waals surface area contributed by atoms with E-state index in [1.807, 2.05) is 0 Å². The number of nitrogens with one attached hydrogen (secondary N) is 1. The largest absolute Gasteiger partial charge is 0.493 e. The van der Waals surface area contributed by atoms with Gasteiger partial charge in [-0.3, -0.25) is 9.59 Å². The number of rotatable bonds is 6. The summed E-state index contributed by atoms with van der Waals surface area (Å²) in [5.74, 6) is -0.211. The van der Waals surface area contributed by atoms with E-state index in [1.165, 1.54) is 39.5 Å². The summed E-state index contributed by atoms with van der Waals surface area (Å²) in [7, 11) is 4.45. The molecular formula is C22H24ClFN2O5. The number of nitrogens with zero attached hydrogens (tertiary/aromatic N) is 1. The Kier molecular flexibility index (Phi) is 7.22.